The van der Waals surface area contributed by atoms with Gasteiger partial charge >= 0.3 is 0 Å². The molecule has 1 heterocycles. The second kappa shape index (κ2) is 4.15. The van der Waals surface area contributed by atoms with Gasteiger partial charge < -0.3 is 0 Å². The van der Waals surface area contributed by atoms with Gasteiger partial charge in [0.1, 0.15) is 5.04 Å². The normalized spacial score (nSPS) is 17.3. The molecule has 0 aromatic heterocycles. The van der Waals surface area contributed by atoms with Crippen molar-refractivity contribution in [3.05, 3.63) is 29.8 Å². The third-order valence-electron chi connectivity index (χ3n) is 1.91. The Labute approximate surface area is 97.6 Å². The molecule has 2 rings (SSSR count). The second-order valence-electron chi connectivity index (χ2n) is 2.91. The highest BCUT2D eigenvalue weighted by molar-refractivity contribution is 8.15. The maximum Gasteiger partial charge on any atom is 0.284 e. The molecule has 3 nitrogen and oxygen atoms in total. The van der Waals surface area contributed by atoms with Crippen molar-refractivity contribution in [2.24, 2.45) is 4.40 Å². The molecule has 0 saturated carbocycles. The molecule has 80 valence electrons. The van der Waals surface area contributed by atoms with Crippen LogP contribution in [0.4, 0.5) is 0 Å². The molecule has 0 atom stereocenters. The molecule has 0 saturated heterocycles. The van der Waals surface area contributed by atoms with Gasteiger partial charge in [0.25, 0.3) is 10.0 Å². The zero-order chi connectivity index (χ0) is 10.9. The lowest BCUT2D eigenvalue weighted by atomic mass is 10.2. The number of halogens is 1. The summed E-state index contributed by atoms with van der Waals surface area (Å²) in [6, 6.07) is 6.83. The summed E-state index contributed by atoms with van der Waals surface area (Å²) >= 11 is 6.92. The number of benzene rings is 1. The highest BCUT2D eigenvalue weighted by Gasteiger charge is 2.28. The molecule has 0 fully saturated rings. The number of alkyl halides is 1. The number of nitrogens with zero attached hydrogens (tertiary/aromatic N) is 1. The third kappa shape index (κ3) is 2.04. The monoisotopic (exact) mass is 261 g/mol. The summed E-state index contributed by atoms with van der Waals surface area (Å²) in [5.41, 5.74) is 0.688. The fourth-order valence-corrected chi connectivity index (χ4v) is 3.83. The van der Waals surface area contributed by atoms with E-state index in [1.807, 2.05) is 0 Å². The Kier molecular flexibility index (Phi) is 3.04. The van der Waals surface area contributed by atoms with Crippen molar-refractivity contribution in [3.63, 3.8) is 0 Å². The standard InChI is InChI=1S/C9H8ClNO2S2/c10-5-6-14-9-7-3-1-2-4-8(7)15(12,13)11-9/h1-4H,5-6H2. The topological polar surface area (TPSA) is 46.5 Å². The SMILES string of the molecule is O=S1(=O)N=C(SCCCl)c2ccccc21. The minimum absolute atomic E-state index is 0.294. The average Bonchev–Trinajstić information content (AvgIpc) is 2.49. The fourth-order valence-electron chi connectivity index (χ4n) is 1.32. The van der Waals surface area contributed by atoms with Gasteiger partial charge in [-0.2, -0.15) is 12.8 Å². The molecule has 1 aromatic rings. The second-order valence-corrected chi connectivity index (χ2v) is 5.94. The number of rotatable bonds is 2. The van der Waals surface area contributed by atoms with Gasteiger partial charge in [-0.15, -0.1) is 23.4 Å². The molecule has 0 radical (unpaired) electrons. The predicted octanol–water partition coefficient (Wildman–Crippen LogP) is 2.11. The van der Waals surface area contributed by atoms with Gasteiger partial charge in [0.2, 0.25) is 0 Å². The maximum atomic E-state index is 11.6. The van der Waals surface area contributed by atoms with E-state index in [9.17, 15) is 8.42 Å². The maximum absolute atomic E-state index is 11.6. The van der Waals surface area contributed by atoms with Gasteiger partial charge in [-0.05, 0) is 6.07 Å². The highest BCUT2D eigenvalue weighted by Crippen LogP contribution is 2.30. The van der Waals surface area contributed by atoms with E-state index in [0.717, 1.165) is 0 Å². The Morgan fingerprint density at radius 3 is 2.80 bits per heavy atom. The number of hydrogen-bond acceptors (Lipinski definition) is 3. The molecule has 1 aliphatic rings. The molecule has 0 unspecified atom stereocenters. The van der Waals surface area contributed by atoms with Crippen molar-refractivity contribution in [2.75, 3.05) is 11.6 Å². The lowest BCUT2D eigenvalue weighted by Gasteiger charge is -1.98. The smallest absolute Gasteiger partial charge is 0.199 e. The van der Waals surface area contributed by atoms with E-state index >= 15 is 0 Å². The molecule has 1 aromatic carbocycles. The van der Waals surface area contributed by atoms with Gasteiger partial charge in [0.15, 0.2) is 0 Å². The number of thioether (sulfide) groups is 1. The summed E-state index contributed by atoms with van der Waals surface area (Å²) < 4.78 is 26.9. The molecule has 1 aliphatic heterocycles. The van der Waals surface area contributed by atoms with Crippen LogP contribution in [-0.2, 0) is 10.0 Å². The number of fused-ring (bicyclic) bond motifs is 1. The van der Waals surface area contributed by atoms with Crippen molar-refractivity contribution < 1.29 is 8.42 Å². The van der Waals surface area contributed by atoms with Gasteiger partial charge in [0, 0.05) is 17.2 Å². The van der Waals surface area contributed by atoms with E-state index in [4.69, 9.17) is 11.6 Å². The summed E-state index contributed by atoms with van der Waals surface area (Å²) in [5.74, 6) is 1.14. The van der Waals surface area contributed by atoms with Crippen molar-refractivity contribution in [1.82, 2.24) is 0 Å². The largest absolute Gasteiger partial charge is 0.284 e. The van der Waals surface area contributed by atoms with Crippen LogP contribution < -0.4 is 0 Å². The average molecular weight is 262 g/mol. The van der Waals surface area contributed by atoms with Crippen LogP contribution in [0.3, 0.4) is 0 Å². The van der Waals surface area contributed by atoms with E-state index in [0.29, 0.717) is 27.1 Å². The van der Waals surface area contributed by atoms with Crippen LogP contribution in [0.2, 0.25) is 0 Å². The van der Waals surface area contributed by atoms with Crippen molar-refractivity contribution >= 4 is 38.4 Å². The Balaban J connectivity index is 2.44. The van der Waals surface area contributed by atoms with Gasteiger partial charge in [-0.25, -0.2) is 0 Å². The van der Waals surface area contributed by atoms with Crippen LogP contribution in [0.5, 0.6) is 0 Å². The van der Waals surface area contributed by atoms with E-state index in [1.165, 1.54) is 11.8 Å². The first-order chi connectivity index (χ1) is 7.15. The summed E-state index contributed by atoms with van der Waals surface area (Å²) in [7, 11) is -3.46. The van der Waals surface area contributed by atoms with E-state index in [1.54, 1.807) is 24.3 Å². The first kappa shape index (κ1) is 11.0. The number of hydrogen-bond donors (Lipinski definition) is 0. The zero-order valence-electron chi connectivity index (χ0n) is 7.68. The van der Waals surface area contributed by atoms with Gasteiger partial charge in [-0.3, -0.25) is 0 Å². The van der Waals surface area contributed by atoms with Crippen molar-refractivity contribution in [3.8, 4) is 0 Å². The molecular formula is C9H8ClNO2S2. The van der Waals surface area contributed by atoms with Crippen LogP contribution >= 0.6 is 23.4 Å². The predicted molar refractivity (Wildman–Crippen MR) is 63.3 cm³/mol. The lowest BCUT2D eigenvalue weighted by molar-refractivity contribution is 0.599. The Bertz CT molecular complexity index is 511. The highest BCUT2D eigenvalue weighted by atomic mass is 35.5. The van der Waals surface area contributed by atoms with Crippen molar-refractivity contribution in [1.29, 1.82) is 0 Å². The van der Waals surface area contributed by atoms with Crippen LogP contribution in [-0.4, -0.2) is 25.1 Å². The van der Waals surface area contributed by atoms with Crippen LogP contribution in [0.25, 0.3) is 0 Å². The molecule has 0 amide bonds. The minimum Gasteiger partial charge on any atom is -0.199 e. The lowest BCUT2D eigenvalue weighted by Crippen LogP contribution is -1.94. The van der Waals surface area contributed by atoms with Crippen LogP contribution in [0.1, 0.15) is 5.56 Å². The first-order valence-corrected chi connectivity index (χ1v) is 7.24. The quantitative estimate of drug-likeness (QED) is 0.766. The molecule has 0 aliphatic carbocycles. The Morgan fingerprint density at radius 1 is 1.33 bits per heavy atom. The molecule has 6 heteroatoms. The number of sulfonamides is 1. The zero-order valence-corrected chi connectivity index (χ0v) is 10.1. The molecular weight excluding hydrogens is 254 g/mol. The summed E-state index contributed by atoms with van der Waals surface area (Å²) in [6.45, 7) is 0. The van der Waals surface area contributed by atoms with Crippen LogP contribution in [0.15, 0.2) is 33.6 Å². The summed E-state index contributed by atoms with van der Waals surface area (Å²) in [5, 5.41) is 0.547. The third-order valence-corrected chi connectivity index (χ3v) is 4.77. The van der Waals surface area contributed by atoms with Gasteiger partial charge in [-0.1, -0.05) is 18.2 Å². The minimum atomic E-state index is -3.46. The van der Waals surface area contributed by atoms with Crippen molar-refractivity contribution in [2.45, 2.75) is 4.90 Å². The van der Waals surface area contributed by atoms with E-state index in [2.05, 4.69) is 4.40 Å². The summed E-state index contributed by atoms with van der Waals surface area (Å²) in [6.07, 6.45) is 0. The fraction of sp³-hybridized carbons (Fsp3) is 0.222. The Morgan fingerprint density at radius 2 is 2.07 bits per heavy atom. The summed E-state index contributed by atoms with van der Waals surface area (Å²) in [4.78, 5) is 0.294. The van der Waals surface area contributed by atoms with Crippen LogP contribution in [0, 0.1) is 0 Å². The molecule has 0 spiro atoms. The van der Waals surface area contributed by atoms with E-state index in [-0.39, 0.29) is 0 Å². The molecule has 0 bridgehead atoms. The van der Waals surface area contributed by atoms with E-state index < -0.39 is 10.0 Å². The molecule has 0 N–H and O–H groups in total. The first-order valence-electron chi connectivity index (χ1n) is 4.28. The Hall–Kier alpha value is -0.520. The molecule has 15 heavy (non-hydrogen) atoms. The van der Waals surface area contributed by atoms with Gasteiger partial charge in [0.05, 0.1) is 4.90 Å².